The van der Waals surface area contributed by atoms with Gasteiger partial charge in [-0.1, -0.05) is 13.0 Å². The van der Waals surface area contributed by atoms with Crippen LogP contribution in [0.4, 0.5) is 8.78 Å². The second-order valence-corrected chi connectivity index (χ2v) is 7.43. The molecule has 8 heteroatoms. The third kappa shape index (κ3) is 3.11. The molecule has 0 radical (unpaired) electrons. The van der Waals surface area contributed by atoms with E-state index in [9.17, 15) is 13.6 Å². The van der Waals surface area contributed by atoms with E-state index in [2.05, 4.69) is 5.10 Å². The van der Waals surface area contributed by atoms with Crippen molar-refractivity contribution in [3.8, 4) is 5.75 Å². The van der Waals surface area contributed by atoms with Gasteiger partial charge in [0.15, 0.2) is 0 Å². The number of amides is 1. The normalized spacial score (nSPS) is 22.4. The van der Waals surface area contributed by atoms with Crippen LogP contribution in [0.1, 0.15) is 37.0 Å². The molecule has 1 spiro atoms. The van der Waals surface area contributed by atoms with Crippen LogP contribution in [0.25, 0.3) is 0 Å². The van der Waals surface area contributed by atoms with Crippen LogP contribution in [0.3, 0.4) is 0 Å². The lowest BCUT2D eigenvalue weighted by atomic mass is 9.82. The predicted octanol–water partition coefficient (Wildman–Crippen LogP) is 3.28. The van der Waals surface area contributed by atoms with E-state index in [0.29, 0.717) is 24.3 Å². The van der Waals surface area contributed by atoms with Crippen LogP contribution < -0.4 is 10.5 Å². The Morgan fingerprint density at radius 2 is 2.10 bits per heavy atom. The van der Waals surface area contributed by atoms with Crippen molar-refractivity contribution in [2.75, 3.05) is 13.2 Å². The van der Waals surface area contributed by atoms with Crippen molar-refractivity contribution in [2.24, 2.45) is 16.8 Å². The van der Waals surface area contributed by atoms with E-state index in [1.54, 1.807) is 0 Å². The standard InChI is InChI=1S/C22H23F2N3O3/c1-3-14-4-7-20-18(10-14)22(15(8-9-25)12-29-20)27(13(2)28)26-21(30-22)17-11-16(23)5-6-19(17)24/h4-7,10-11,15H,3,8-9,12,25H2,1-2H3. The summed E-state index contributed by atoms with van der Waals surface area (Å²) in [6.07, 6.45) is 1.24. The van der Waals surface area contributed by atoms with Gasteiger partial charge in [-0.2, -0.15) is 5.01 Å². The number of ether oxygens (including phenoxy) is 2. The van der Waals surface area contributed by atoms with Gasteiger partial charge in [-0.25, -0.2) is 8.78 Å². The van der Waals surface area contributed by atoms with Gasteiger partial charge in [-0.3, -0.25) is 4.79 Å². The molecule has 0 aliphatic carbocycles. The van der Waals surface area contributed by atoms with Crippen molar-refractivity contribution in [3.63, 3.8) is 0 Å². The molecular weight excluding hydrogens is 392 g/mol. The molecule has 0 bridgehead atoms. The van der Waals surface area contributed by atoms with Crippen LogP contribution in [0.15, 0.2) is 41.5 Å². The summed E-state index contributed by atoms with van der Waals surface area (Å²) < 4.78 is 40.5. The van der Waals surface area contributed by atoms with Crippen molar-refractivity contribution >= 4 is 11.8 Å². The molecule has 30 heavy (non-hydrogen) atoms. The molecule has 2 aromatic carbocycles. The highest BCUT2D eigenvalue weighted by Gasteiger charge is 2.58. The highest BCUT2D eigenvalue weighted by Crippen LogP contribution is 2.50. The lowest BCUT2D eigenvalue weighted by Gasteiger charge is -2.44. The minimum Gasteiger partial charge on any atom is -0.493 e. The Hall–Kier alpha value is -3.00. The molecule has 2 heterocycles. The van der Waals surface area contributed by atoms with E-state index in [0.717, 1.165) is 30.2 Å². The van der Waals surface area contributed by atoms with Gasteiger partial charge in [0.1, 0.15) is 17.4 Å². The molecule has 6 nitrogen and oxygen atoms in total. The summed E-state index contributed by atoms with van der Waals surface area (Å²) in [6, 6.07) is 8.71. The topological polar surface area (TPSA) is 77.2 Å². The SMILES string of the molecule is CCc1ccc2c(c1)C1(OC(c3cc(F)ccc3F)=NN1C(C)=O)C(CCN)CO2. The minimum atomic E-state index is -1.35. The summed E-state index contributed by atoms with van der Waals surface area (Å²) in [6.45, 7) is 3.95. The van der Waals surface area contributed by atoms with Gasteiger partial charge in [-0.05, 0) is 55.3 Å². The highest BCUT2D eigenvalue weighted by atomic mass is 19.1. The lowest BCUT2D eigenvalue weighted by Crippen LogP contribution is -2.54. The Kier molecular flexibility index (Phi) is 5.19. The third-order valence-electron chi connectivity index (χ3n) is 5.56. The number of hydrogen-bond acceptors (Lipinski definition) is 5. The number of halogens is 2. The average Bonchev–Trinajstić information content (AvgIpc) is 3.13. The molecule has 0 aromatic heterocycles. The number of hydrogen-bond donors (Lipinski definition) is 1. The molecule has 2 aromatic rings. The number of aryl methyl sites for hydroxylation is 1. The number of nitrogens with two attached hydrogens (primary N) is 1. The van der Waals surface area contributed by atoms with E-state index in [1.165, 1.54) is 11.9 Å². The van der Waals surface area contributed by atoms with Gasteiger partial charge in [0, 0.05) is 6.92 Å². The first-order valence-electron chi connectivity index (χ1n) is 9.90. The van der Waals surface area contributed by atoms with Gasteiger partial charge >= 0.3 is 0 Å². The molecule has 2 aliphatic heterocycles. The summed E-state index contributed by atoms with van der Waals surface area (Å²) in [5.74, 6) is -1.67. The van der Waals surface area contributed by atoms with Gasteiger partial charge in [0.2, 0.25) is 17.5 Å². The molecule has 2 aliphatic rings. The van der Waals surface area contributed by atoms with E-state index >= 15 is 0 Å². The number of benzene rings is 2. The summed E-state index contributed by atoms with van der Waals surface area (Å²) in [4.78, 5) is 12.7. The van der Waals surface area contributed by atoms with Crippen molar-refractivity contribution in [2.45, 2.75) is 32.4 Å². The largest absolute Gasteiger partial charge is 0.493 e. The lowest BCUT2D eigenvalue weighted by molar-refractivity contribution is -0.168. The first kappa shape index (κ1) is 20.3. The van der Waals surface area contributed by atoms with Crippen molar-refractivity contribution in [1.29, 1.82) is 0 Å². The highest BCUT2D eigenvalue weighted by molar-refractivity contribution is 5.97. The van der Waals surface area contributed by atoms with E-state index < -0.39 is 23.3 Å². The van der Waals surface area contributed by atoms with E-state index in [-0.39, 0.29) is 24.0 Å². The predicted molar refractivity (Wildman–Crippen MR) is 107 cm³/mol. The van der Waals surface area contributed by atoms with Crippen molar-refractivity contribution in [3.05, 3.63) is 64.7 Å². The van der Waals surface area contributed by atoms with Crippen LogP contribution in [0, 0.1) is 17.6 Å². The molecule has 0 saturated carbocycles. The second-order valence-electron chi connectivity index (χ2n) is 7.43. The molecule has 2 unspecified atom stereocenters. The maximum Gasteiger partial charge on any atom is 0.244 e. The minimum absolute atomic E-state index is 0.149. The molecule has 0 saturated heterocycles. The monoisotopic (exact) mass is 415 g/mol. The van der Waals surface area contributed by atoms with Gasteiger partial charge in [0.25, 0.3) is 0 Å². The number of nitrogens with zero attached hydrogens (tertiary/aromatic N) is 2. The fourth-order valence-corrected chi connectivity index (χ4v) is 4.08. The van der Waals surface area contributed by atoms with Gasteiger partial charge in [-0.15, -0.1) is 5.10 Å². The second kappa shape index (κ2) is 7.68. The number of fused-ring (bicyclic) bond motifs is 2. The smallest absolute Gasteiger partial charge is 0.244 e. The van der Waals surface area contributed by atoms with Crippen LogP contribution >= 0.6 is 0 Å². The fraction of sp³-hybridized carbons (Fsp3) is 0.364. The zero-order valence-electron chi connectivity index (χ0n) is 16.8. The molecular formula is C22H23F2N3O3. The summed E-state index contributed by atoms with van der Waals surface area (Å²) in [7, 11) is 0. The quantitative estimate of drug-likeness (QED) is 0.832. The van der Waals surface area contributed by atoms with Crippen LogP contribution in [-0.2, 0) is 21.7 Å². The Labute approximate surface area is 173 Å². The number of carbonyl (C=O) groups excluding carboxylic acids is 1. The first-order valence-corrected chi connectivity index (χ1v) is 9.90. The number of hydrazone groups is 1. The average molecular weight is 415 g/mol. The van der Waals surface area contributed by atoms with Crippen LogP contribution in [-0.4, -0.2) is 30.0 Å². The Bertz CT molecular complexity index is 1030. The third-order valence-corrected chi connectivity index (χ3v) is 5.56. The fourth-order valence-electron chi connectivity index (χ4n) is 4.08. The molecule has 2 N–H and O–H groups in total. The number of carbonyl (C=O) groups is 1. The molecule has 158 valence electrons. The van der Waals surface area contributed by atoms with E-state index in [1.807, 2.05) is 25.1 Å². The first-order chi connectivity index (χ1) is 14.4. The molecule has 4 rings (SSSR count). The van der Waals surface area contributed by atoms with Crippen LogP contribution in [0.2, 0.25) is 0 Å². The summed E-state index contributed by atoms with van der Waals surface area (Å²) in [5.41, 5.74) is 5.98. The molecule has 1 amide bonds. The summed E-state index contributed by atoms with van der Waals surface area (Å²) in [5, 5.41) is 5.51. The maximum atomic E-state index is 14.5. The van der Waals surface area contributed by atoms with Gasteiger partial charge < -0.3 is 15.2 Å². The van der Waals surface area contributed by atoms with E-state index in [4.69, 9.17) is 15.2 Å². The van der Waals surface area contributed by atoms with Crippen molar-refractivity contribution in [1.82, 2.24) is 5.01 Å². The summed E-state index contributed by atoms with van der Waals surface area (Å²) >= 11 is 0. The van der Waals surface area contributed by atoms with Gasteiger partial charge in [0.05, 0.1) is 23.7 Å². The molecule has 2 atom stereocenters. The van der Waals surface area contributed by atoms with Crippen LogP contribution in [0.5, 0.6) is 5.75 Å². The zero-order valence-corrected chi connectivity index (χ0v) is 16.8. The Balaban J connectivity index is 1.92. The number of rotatable bonds is 4. The maximum absolute atomic E-state index is 14.5. The van der Waals surface area contributed by atoms with Crippen molar-refractivity contribution < 1.29 is 23.0 Å². The molecule has 0 fully saturated rings. The Morgan fingerprint density at radius 3 is 2.80 bits per heavy atom. The zero-order chi connectivity index (χ0) is 21.5. The Morgan fingerprint density at radius 1 is 1.30 bits per heavy atom.